The monoisotopic (exact) mass is 356 g/mol. The number of pyridine rings is 1. The molecule has 26 heavy (non-hydrogen) atoms. The van der Waals surface area contributed by atoms with Crippen molar-refractivity contribution in [2.75, 3.05) is 26.3 Å². The quantitative estimate of drug-likeness (QED) is 0.813. The van der Waals surface area contributed by atoms with Crippen molar-refractivity contribution in [2.45, 2.75) is 75.8 Å². The van der Waals surface area contributed by atoms with Gasteiger partial charge in [-0.1, -0.05) is 25.3 Å². The molecule has 0 amide bonds. The van der Waals surface area contributed by atoms with Crippen molar-refractivity contribution in [3.63, 3.8) is 0 Å². The lowest BCUT2D eigenvalue weighted by Gasteiger charge is -2.46. The van der Waals surface area contributed by atoms with Crippen LogP contribution in [-0.2, 0) is 11.3 Å². The van der Waals surface area contributed by atoms with Crippen LogP contribution in [0.5, 0.6) is 0 Å². The highest BCUT2D eigenvalue weighted by atomic mass is 16.5. The predicted octanol–water partition coefficient (Wildman–Crippen LogP) is 3.49. The number of hydrogen-bond donors (Lipinski definition) is 0. The van der Waals surface area contributed by atoms with Gasteiger partial charge in [-0.2, -0.15) is 0 Å². The van der Waals surface area contributed by atoms with Crippen LogP contribution in [0.25, 0.3) is 0 Å². The zero-order valence-corrected chi connectivity index (χ0v) is 15.9. The van der Waals surface area contributed by atoms with Crippen molar-refractivity contribution in [1.82, 2.24) is 9.47 Å². The van der Waals surface area contributed by atoms with E-state index in [1.165, 1.54) is 63.6 Å². The molecule has 2 saturated heterocycles. The minimum atomic E-state index is 0.337. The van der Waals surface area contributed by atoms with Crippen molar-refractivity contribution < 1.29 is 4.74 Å². The first-order valence-corrected chi connectivity index (χ1v) is 10.8. The Hall–Kier alpha value is -1.13. The summed E-state index contributed by atoms with van der Waals surface area (Å²) in [4.78, 5) is 16.0. The van der Waals surface area contributed by atoms with E-state index in [1.54, 1.807) is 0 Å². The van der Waals surface area contributed by atoms with E-state index in [4.69, 9.17) is 4.74 Å². The SMILES string of the molecule is O=c1c(C2CCCCC2)ccc2n1CC1CC2CN(C2CCOCC2)C1. The van der Waals surface area contributed by atoms with Crippen LogP contribution in [0.4, 0.5) is 0 Å². The summed E-state index contributed by atoms with van der Waals surface area (Å²) < 4.78 is 7.73. The van der Waals surface area contributed by atoms with Gasteiger partial charge in [0.15, 0.2) is 0 Å². The molecule has 1 aliphatic carbocycles. The zero-order valence-electron chi connectivity index (χ0n) is 15.9. The van der Waals surface area contributed by atoms with Gasteiger partial charge in [0.2, 0.25) is 0 Å². The number of aromatic nitrogens is 1. The summed E-state index contributed by atoms with van der Waals surface area (Å²) in [6.45, 7) is 5.06. The van der Waals surface area contributed by atoms with Gasteiger partial charge in [0.05, 0.1) is 0 Å². The van der Waals surface area contributed by atoms with Crippen LogP contribution in [-0.4, -0.2) is 41.8 Å². The van der Waals surface area contributed by atoms with Crippen LogP contribution in [0, 0.1) is 5.92 Å². The number of likely N-dealkylation sites (tertiary alicyclic amines) is 1. The molecule has 142 valence electrons. The number of nitrogens with zero attached hydrogens (tertiary/aromatic N) is 2. The molecule has 0 spiro atoms. The van der Waals surface area contributed by atoms with Crippen molar-refractivity contribution in [1.29, 1.82) is 0 Å². The molecule has 4 nitrogen and oxygen atoms in total. The average Bonchev–Trinajstić information content (AvgIpc) is 2.70. The summed E-state index contributed by atoms with van der Waals surface area (Å²) in [7, 11) is 0. The van der Waals surface area contributed by atoms with Crippen molar-refractivity contribution in [3.05, 3.63) is 33.7 Å². The molecule has 2 bridgehead atoms. The number of rotatable bonds is 2. The molecule has 4 heteroatoms. The Labute approximate surface area is 156 Å². The van der Waals surface area contributed by atoms with Crippen LogP contribution >= 0.6 is 0 Å². The van der Waals surface area contributed by atoms with Gasteiger partial charge in [-0.25, -0.2) is 0 Å². The maximum Gasteiger partial charge on any atom is 0.254 e. The van der Waals surface area contributed by atoms with E-state index in [0.717, 1.165) is 31.9 Å². The summed E-state index contributed by atoms with van der Waals surface area (Å²) in [6.07, 6.45) is 9.95. The van der Waals surface area contributed by atoms with Crippen molar-refractivity contribution in [2.24, 2.45) is 5.92 Å². The van der Waals surface area contributed by atoms with Gasteiger partial charge < -0.3 is 9.30 Å². The molecule has 2 atom stereocenters. The normalized spacial score (nSPS) is 30.9. The highest BCUT2D eigenvalue weighted by Gasteiger charge is 2.37. The summed E-state index contributed by atoms with van der Waals surface area (Å²) in [6, 6.07) is 5.19. The van der Waals surface area contributed by atoms with Gasteiger partial charge in [-0.3, -0.25) is 9.69 Å². The summed E-state index contributed by atoms with van der Waals surface area (Å²) in [5, 5.41) is 0. The van der Waals surface area contributed by atoms with Gasteiger partial charge in [0, 0.05) is 56.1 Å². The van der Waals surface area contributed by atoms with Crippen LogP contribution in [0.3, 0.4) is 0 Å². The summed E-state index contributed by atoms with van der Waals surface area (Å²) in [5.41, 5.74) is 2.75. The first-order chi connectivity index (χ1) is 12.8. The number of ether oxygens (including phenoxy) is 1. The van der Waals surface area contributed by atoms with Crippen molar-refractivity contribution in [3.8, 4) is 0 Å². The van der Waals surface area contributed by atoms with Crippen LogP contribution in [0.2, 0.25) is 0 Å². The minimum Gasteiger partial charge on any atom is -0.381 e. The lowest BCUT2D eigenvalue weighted by atomic mass is 9.80. The molecule has 0 aromatic carbocycles. The maximum absolute atomic E-state index is 13.3. The molecule has 0 N–H and O–H groups in total. The van der Waals surface area contributed by atoms with Gasteiger partial charge in [-0.05, 0) is 50.0 Å². The molecule has 3 fully saturated rings. The third kappa shape index (κ3) is 3.05. The lowest BCUT2D eigenvalue weighted by Crippen LogP contribution is -2.52. The fraction of sp³-hybridized carbons (Fsp3) is 0.773. The number of hydrogen-bond acceptors (Lipinski definition) is 3. The van der Waals surface area contributed by atoms with E-state index in [9.17, 15) is 4.79 Å². The Kier molecular flexibility index (Phi) is 4.66. The third-order valence-corrected chi connectivity index (χ3v) is 7.41. The number of fused-ring (bicyclic) bond motifs is 4. The fourth-order valence-corrected chi connectivity index (χ4v) is 6.07. The van der Waals surface area contributed by atoms with E-state index in [-0.39, 0.29) is 0 Å². The molecule has 4 heterocycles. The van der Waals surface area contributed by atoms with E-state index < -0.39 is 0 Å². The van der Waals surface area contributed by atoms with E-state index in [2.05, 4.69) is 21.6 Å². The van der Waals surface area contributed by atoms with Gasteiger partial charge in [-0.15, -0.1) is 0 Å². The van der Waals surface area contributed by atoms with E-state index >= 15 is 0 Å². The topological polar surface area (TPSA) is 34.5 Å². The molecule has 1 saturated carbocycles. The maximum atomic E-state index is 13.3. The second-order valence-corrected chi connectivity index (χ2v) is 9.06. The standard InChI is InChI=1S/C22H32N2O2/c25-22-20(17-4-2-1-3-5-17)6-7-21-18-12-16(14-24(21)22)13-23(15-18)19-8-10-26-11-9-19/h6-7,16-19H,1-5,8-15H2. The average molecular weight is 357 g/mol. The van der Waals surface area contributed by atoms with E-state index in [1.807, 2.05) is 0 Å². The third-order valence-electron chi connectivity index (χ3n) is 7.41. The highest BCUT2D eigenvalue weighted by Crippen LogP contribution is 2.38. The van der Waals surface area contributed by atoms with Crippen LogP contribution < -0.4 is 5.56 Å². The largest absolute Gasteiger partial charge is 0.381 e. The second-order valence-electron chi connectivity index (χ2n) is 9.06. The number of piperidine rings is 1. The molecule has 2 unspecified atom stereocenters. The predicted molar refractivity (Wildman–Crippen MR) is 103 cm³/mol. The molecule has 3 aliphatic heterocycles. The molecule has 4 aliphatic rings. The zero-order chi connectivity index (χ0) is 17.5. The van der Waals surface area contributed by atoms with Gasteiger partial charge in [0.25, 0.3) is 5.56 Å². The molecule has 0 radical (unpaired) electrons. The minimum absolute atomic E-state index is 0.337. The molecule has 5 rings (SSSR count). The van der Waals surface area contributed by atoms with Gasteiger partial charge in [0.1, 0.15) is 0 Å². The van der Waals surface area contributed by atoms with E-state index in [0.29, 0.717) is 29.4 Å². The Morgan fingerprint density at radius 2 is 1.69 bits per heavy atom. The van der Waals surface area contributed by atoms with Gasteiger partial charge >= 0.3 is 0 Å². The van der Waals surface area contributed by atoms with Crippen molar-refractivity contribution >= 4 is 0 Å². The Morgan fingerprint density at radius 1 is 0.885 bits per heavy atom. The lowest BCUT2D eigenvalue weighted by molar-refractivity contribution is 0.00583. The Morgan fingerprint density at radius 3 is 2.50 bits per heavy atom. The smallest absolute Gasteiger partial charge is 0.254 e. The highest BCUT2D eigenvalue weighted by molar-refractivity contribution is 5.25. The Balaban J connectivity index is 1.40. The summed E-state index contributed by atoms with van der Waals surface area (Å²) in [5.74, 6) is 1.69. The fourth-order valence-electron chi connectivity index (χ4n) is 6.07. The summed E-state index contributed by atoms with van der Waals surface area (Å²) >= 11 is 0. The molecule has 1 aromatic rings. The molecule has 1 aromatic heterocycles. The van der Waals surface area contributed by atoms with Crippen LogP contribution in [0.15, 0.2) is 16.9 Å². The first-order valence-electron chi connectivity index (χ1n) is 10.8. The molecular formula is C22H32N2O2. The molecular weight excluding hydrogens is 324 g/mol. The second kappa shape index (κ2) is 7.12. The van der Waals surface area contributed by atoms with Crippen LogP contribution in [0.1, 0.15) is 74.5 Å². The first kappa shape index (κ1) is 17.0. The Bertz CT molecular complexity index is 701.